The minimum atomic E-state index is -0.00401. The molecule has 0 saturated carbocycles. The number of hydrogen-bond acceptors (Lipinski definition) is 1. The van der Waals surface area contributed by atoms with Crippen molar-refractivity contribution in [2.24, 2.45) is 0 Å². The Hall–Kier alpha value is -0.0800. The minimum absolute atomic E-state index is 0.00401. The molecule has 24 heavy (non-hydrogen) atoms. The highest BCUT2D eigenvalue weighted by Crippen LogP contribution is 2.41. The summed E-state index contributed by atoms with van der Waals surface area (Å²) in [6.45, 7) is 3.65. The summed E-state index contributed by atoms with van der Waals surface area (Å²) >= 11 is 0. The first kappa shape index (κ1) is 20.2. The van der Waals surface area contributed by atoms with Gasteiger partial charge in [0.1, 0.15) is 0 Å². The third-order valence-electron chi connectivity index (χ3n) is 7.08. The van der Waals surface area contributed by atoms with Gasteiger partial charge in [0.15, 0.2) is 0 Å². The average Bonchev–Trinajstić information content (AvgIpc) is 2.74. The maximum absolute atomic E-state index is 9.98. The van der Waals surface area contributed by atoms with Crippen molar-refractivity contribution < 1.29 is 9.59 Å². The van der Waals surface area contributed by atoms with E-state index in [2.05, 4.69) is 14.0 Å². The van der Waals surface area contributed by atoms with Gasteiger partial charge in [-0.1, -0.05) is 71.1 Å². The maximum Gasteiger partial charge on any atom is 0.0917 e. The zero-order chi connectivity index (χ0) is 17.3. The highest BCUT2D eigenvalue weighted by molar-refractivity contribution is 4.85. The summed E-state index contributed by atoms with van der Waals surface area (Å²) in [6, 6.07) is 1.51. The van der Waals surface area contributed by atoms with Gasteiger partial charge in [0.25, 0.3) is 0 Å². The minimum Gasteiger partial charge on any atom is -0.393 e. The number of piperidine rings is 1. The van der Waals surface area contributed by atoms with Crippen molar-refractivity contribution in [1.82, 2.24) is 0 Å². The van der Waals surface area contributed by atoms with E-state index in [9.17, 15) is 5.11 Å². The summed E-state index contributed by atoms with van der Waals surface area (Å²) in [6.07, 6.45) is 22.1. The van der Waals surface area contributed by atoms with Crippen LogP contribution < -0.4 is 0 Å². The molecule has 2 heteroatoms. The largest absolute Gasteiger partial charge is 0.393 e. The van der Waals surface area contributed by atoms with Crippen LogP contribution in [0.1, 0.15) is 110 Å². The van der Waals surface area contributed by atoms with E-state index in [1.54, 1.807) is 0 Å². The second-order valence-electron chi connectivity index (χ2n) is 8.97. The lowest BCUT2D eigenvalue weighted by Gasteiger charge is -2.46. The average molecular weight is 339 g/mol. The molecule has 2 atom stereocenters. The fourth-order valence-corrected chi connectivity index (χ4v) is 5.37. The van der Waals surface area contributed by atoms with Gasteiger partial charge in [-0.3, -0.25) is 0 Å². The first-order valence-electron chi connectivity index (χ1n) is 11.2. The normalized spacial score (nSPS) is 32.4. The van der Waals surface area contributed by atoms with E-state index in [-0.39, 0.29) is 6.10 Å². The third kappa shape index (κ3) is 6.02. The van der Waals surface area contributed by atoms with E-state index < -0.39 is 0 Å². The Kier molecular flexibility index (Phi) is 9.11. The molecule has 2 heterocycles. The lowest BCUT2D eigenvalue weighted by atomic mass is 9.96. The molecule has 2 nitrogen and oxygen atoms in total. The molecule has 0 aromatic heterocycles. The molecule has 2 fully saturated rings. The second kappa shape index (κ2) is 10.8. The summed E-state index contributed by atoms with van der Waals surface area (Å²) in [7, 11) is 2.48. The van der Waals surface area contributed by atoms with Crippen molar-refractivity contribution in [3.8, 4) is 0 Å². The molecule has 2 aliphatic heterocycles. The van der Waals surface area contributed by atoms with Crippen LogP contribution in [0.5, 0.6) is 0 Å². The molecule has 2 aliphatic rings. The quantitative estimate of drug-likeness (QED) is 0.331. The van der Waals surface area contributed by atoms with E-state index in [0.29, 0.717) is 0 Å². The molecule has 142 valence electrons. The molecule has 0 aliphatic carbocycles. The maximum atomic E-state index is 9.98. The third-order valence-corrected chi connectivity index (χ3v) is 7.08. The van der Waals surface area contributed by atoms with Gasteiger partial charge in [-0.2, -0.15) is 0 Å². The van der Waals surface area contributed by atoms with Crippen LogP contribution in [-0.4, -0.2) is 41.4 Å². The Bertz CT molecular complexity index is 316. The molecule has 1 N–H and O–H groups in total. The standard InChI is InChI=1S/C22H44NO/c1-3-4-5-6-7-8-9-10-11-12-13-14-17-23(2)20-15-16-21(23)19-22(24)18-20/h20-22,24H,3-19H2,1-2H3/q+1. The second-order valence-corrected chi connectivity index (χ2v) is 8.97. The summed E-state index contributed by atoms with van der Waals surface area (Å²) in [4.78, 5) is 0. The van der Waals surface area contributed by atoms with Crippen LogP contribution >= 0.6 is 0 Å². The zero-order valence-corrected chi connectivity index (χ0v) is 16.6. The molecule has 0 spiro atoms. The summed E-state index contributed by atoms with van der Waals surface area (Å²) in [5, 5.41) is 9.98. The smallest absolute Gasteiger partial charge is 0.0917 e. The fourth-order valence-electron chi connectivity index (χ4n) is 5.37. The van der Waals surface area contributed by atoms with Gasteiger partial charge >= 0.3 is 0 Å². The molecule has 2 saturated heterocycles. The summed E-state index contributed by atoms with van der Waals surface area (Å²) in [5.41, 5.74) is 0. The van der Waals surface area contributed by atoms with Crippen LogP contribution in [0.15, 0.2) is 0 Å². The van der Waals surface area contributed by atoms with Crippen molar-refractivity contribution in [3.05, 3.63) is 0 Å². The number of hydrogen-bond donors (Lipinski definition) is 1. The zero-order valence-electron chi connectivity index (χ0n) is 16.6. The number of quaternary nitrogens is 1. The van der Waals surface area contributed by atoms with E-state index in [1.807, 2.05) is 0 Å². The number of aliphatic hydroxyl groups is 1. The van der Waals surface area contributed by atoms with Gasteiger partial charge in [0.2, 0.25) is 0 Å². The number of rotatable bonds is 13. The van der Waals surface area contributed by atoms with Crippen LogP contribution in [0.25, 0.3) is 0 Å². The summed E-state index contributed by atoms with van der Waals surface area (Å²) < 4.78 is 1.29. The van der Waals surface area contributed by atoms with Crippen molar-refractivity contribution in [1.29, 1.82) is 0 Å². The Labute approximate surface area is 151 Å². The number of fused-ring (bicyclic) bond motifs is 2. The Morgan fingerprint density at radius 1 is 0.708 bits per heavy atom. The van der Waals surface area contributed by atoms with Gasteiger partial charge in [-0.05, 0) is 12.8 Å². The highest BCUT2D eigenvalue weighted by atomic mass is 16.3. The highest BCUT2D eigenvalue weighted by Gasteiger charge is 2.50. The molecule has 0 amide bonds. The molecule has 0 aromatic carbocycles. The van der Waals surface area contributed by atoms with Crippen molar-refractivity contribution in [2.45, 2.75) is 128 Å². The van der Waals surface area contributed by atoms with Crippen LogP contribution in [0.2, 0.25) is 0 Å². The van der Waals surface area contributed by atoms with Crippen molar-refractivity contribution in [3.63, 3.8) is 0 Å². The van der Waals surface area contributed by atoms with Crippen LogP contribution in [0, 0.1) is 0 Å². The molecule has 0 aromatic rings. The number of unbranched alkanes of at least 4 members (excludes halogenated alkanes) is 11. The van der Waals surface area contributed by atoms with E-state index in [4.69, 9.17) is 0 Å². The molecule has 2 bridgehead atoms. The Morgan fingerprint density at radius 2 is 1.12 bits per heavy atom. The van der Waals surface area contributed by atoms with Gasteiger partial charge in [-0.25, -0.2) is 0 Å². The van der Waals surface area contributed by atoms with Gasteiger partial charge in [0, 0.05) is 25.7 Å². The molecular weight excluding hydrogens is 294 g/mol. The number of aliphatic hydroxyl groups excluding tert-OH is 1. The van der Waals surface area contributed by atoms with Gasteiger partial charge in [0.05, 0.1) is 31.8 Å². The van der Waals surface area contributed by atoms with Gasteiger partial charge in [-0.15, -0.1) is 0 Å². The molecule has 0 radical (unpaired) electrons. The topological polar surface area (TPSA) is 20.2 Å². The molecular formula is C22H44NO+. The predicted molar refractivity (Wildman–Crippen MR) is 104 cm³/mol. The van der Waals surface area contributed by atoms with Crippen LogP contribution in [0.4, 0.5) is 0 Å². The Balaban J connectivity index is 1.43. The Morgan fingerprint density at radius 3 is 1.58 bits per heavy atom. The van der Waals surface area contributed by atoms with Gasteiger partial charge < -0.3 is 9.59 Å². The van der Waals surface area contributed by atoms with E-state index in [1.165, 1.54) is 101 Å². The first-order valence-corrected chi connectivity index (χ1v) is 11.2. The van der Waals surface area contributed by atoms with Crippen LogP contribution in [0.3, 0.4) is 0 Å². The monoisotopic (exact) mass is 338 g/mol. The van der Waals surface area contributed by atoms with Crippen LogP contribution in [-0.2, 0) is 0 Å². The van der Waals surface area contributed by atoms with Crippen molar-refractivity contribution in [2.75, 3.05) is 13.6 Å². The summed E-state index contributed by atoms with van der Waals surface area (Å²) in [5.74, 6) is 0. The predicted octanol–water partition coefficient (Wildman–Crippen LogP) is 5.82. The SMILES string of the molecule is CCCCCCCCCCCCCC[N+]1(C)C2CCC1CC(O)C2. The van der Waals surface area contributed by atoms with E-state index in [0.717, 1.165) is 24.9 Å². The molecule has 2 rings (SSSR count). The number of nitrogens with zero attached hydrogens (tertiary/aromatic N) is 1. The molecule has 2 unspecified atom stereocenters. The lowest BCUT2D eigenvalue weighted by Crippen LogP contribution is -2.58. The first-order chi connectivity index (χ1) is 11.7. The van der Waals surface area contributed by atoms with E-state index >= 15 is 0 Å². The lowest BCUT2D eigenvalue weighted by molar-refractivity contribution is -0.949. The fraction of sp³-hybridized carbons (Fsp3) is 1.00. The van der Waals surface area contributed by atoms with Crippen molar-refractivity contribution >= 4 is 0 Å².